The van der Waals surface area contributed by atoms with E-state index < -0.39 is 18.0 Å². The number of amides is 1. The number of hydrogen-bond donors (Lipinski definition) is 1. The Hall–Kier alpha value is -2.08. The van der Waals surface area contributed by atoms with E-state index in [9.17, 15) is 9.59 Å². The van der Waals surface area contributed by atoms with Crippen LogP contribution in [0.2, 0.25) is 0 Å². The Labute approximate surface area is 123 Å². The number of piperidine rings is 1. The molecule has 1 amide bonds. The zero-order valence-corrected chi connectivity index (χ0v) is 11.9. The minimum Gasteiger partial charge on any atom is -0.469 e. The van der Waals surface area contributed by atoms with Gasteiger partial charge < -0.3 is 19.5 Å². The third-order valence-corrected chi connectivity index (χ3v) is 3.55. The molecule has 6 heteroatoms. The molecule has 1 saturated heterocycles. The Morgan fingerprint density at radius 1 is 1.29 bits per heavy atom. The Balaban J connectivity index is 1.97. The second kappa shape index (κ2) is 7.08. The molecule has 1 aromatic carbocycles. The van der Waals surface area contributed by atoms with Crippen LogP contribution in [0.3, 0.4) is 0 Å². The molecule has 1 aliphatic rings. The van der Waals surface area contributed by atoms with Gasteiger partial charge in [0.2, 0.25) is 0 Å². The fourth-order valence-corrected chi connectivity index (χ4v) is 2.46. The van der Waals surface area contributed by atoms with Crippen molar-refractivity contribution < 1.29 is 24.2 Å². The number of methoxy groups -OCH3 is 1. The van der Waals surface area contributed by atoms with Gasteiger partial charge in [0.15, 0.2) is 0 Å². The van der Waals surface area contributed by atoms with Crippen LogP contribution in [0.5, 0.6) is 0 Å². The lowest BCUT2D eigenvalue weighted by atomic mass is 9.96. The number of carbonyl (C=O) groups is 2. The monoisotopic (exact) mass is 293 g/mol. The summed E-state index contributed by atoms with van der Waals surface area (Å²) < 4.78 is 10.5. The van der Waals surface area contributed by atoms with Crippen LogP contribution in [0.1, 0.15) is 12.0 Å². The first-order valence-electron chi connectivity index (χ1n) is 6.81. The van der Waals surface area contributed by atoms with Crippen molar-refractivity contribution in [1.82, 2.24) is 4.90 Å². The molecule has 1 heterocycles. The predicted octanol–water partition coefficient (Wildman–Crippen LogP) is 1.74. The van der Waals surface area contributed by atoms with E-state index in [4.69, 9.17) is 14.6 Å². The van der Waals surface area contributed by atoms with Gasteiger partial charge in [0.25, 0.3) is 0 Å². The summed E-state index contributed by atoms with van der Waals surface area (Å²) in [6.45, 7) is 0.829. The fraction of sp³-hybridized carbons (Fsp3) is 0.467. The molecule has 114 valence electrons. The number of ether oxygens (including phenoxy) is 2. The maximum absolute atomic E-state index is 11.7. The van der Waals surface area contributed by atoms with E-state index in [1.54, 1.807) is 0 Å². The minimum atomic E-state index is -1.04. The van der Waals surface area contributed by atoms with Crippen LogP contribution in [0.4, 0.5) is 4.79 Å². The van der Waals surface area contributed by atoms with Gasteiger partial charge in [-0.2, -0.15) is 0 Å². The first-order chi connectivity index (χ1) is 10.1. The van der Waals surface area contributed by atoms with E-state index >= 15 is 0 Å². The summed E-state index contributed by atoms with van der Waals surface area (Å²) in [7, 11) is 1.31. The van der Waals surface area contributed by atoms with Crippen molar-refractivity contribution in [2.45, 2.75) is 19.1 Å². The standard InChI is InChI=1S/C15H19NO5/c1-20-14(17)12-7-13(9-16(8-12)15(18)19)21-10-11-5-3-2-4-6-11/h2-6,12-13H,7-10H2,1H3,(H,18,19). The molecule has 0 bridgehead atoms. The second-order valence-corrected chi connectivity index (χ2v) is 5.06. The number of hydrogen-bond acceptors (Lipinski definition) is 4. The third kappa shape index (κ3) is 4.19. The van der Waals surface area contributed by atoms with Crippen molar-refractivity contribution in [1.29, 1.82) is 0 Å². The molecule has 0 saturated carbocycles. The van der Waals surface area contributed by atoms with E-state index in [1.165, 1.54) is 12.0 Å². The predicted molar refractivity (Wildman–Crippen MR) is 74.7 cm³/mol. The SMILES string of the molecule is COC(=O)C1CC(OCc2ccccc2)CN(C(=O)O)C1. The summed E-state index contributed by atoms with van der Waals surface area (Å²) in [5, 5.41) is 9.13. The molecule has 21 heavy (non-hydrogen) atoms. The molecule has 1 aliphatic heterocycles. The van der Waals surface area contributed by atoms with Gasteiger partial charge in [0.05, 0.1) is 32.3 Å². The van der Waals surface area contributed by atoms with Crippen molar-refractivity contribution >= 4 is 12.1 Å². The Bertz CT molecular complexity index is 490. The van der Waals surface area contributed by atoms with Crippen molar-refractivity contribution in [2.24, 2.45) is 5.92 Å². The Kier molecular flexibility index (Phi) is 5.16. The van der Waals surface area contributed by atoms with E-state index in [-0.39, 0.29) is 19.2 Å². The van der Waals surface area contributed by atoms with E-state index in [0.717, 1.165) is 5.56 Å². The quantitative estimate of drug-likeness (QED) is 0.856. The summed E-state index contributed by atoms with van der Waals surface area (Å²) in [6, 6.07) is 9.63. The Morgan fingerprint density at radius 3 is 2.62 bits per heavy atom. The fourth-order valence-electron chi connectivity index (χ4n) is 2.46. The zero-order valence-electron chi connectivity index (χ0n) is 11.9. The minimum absolute atomic E-state index is 0.160. The maximum Gasteiger partial charge on any atom is 0.407 e. The summed E-state index contributed by atoms with van der Waals surface area (Å²) in [5.41, 5.74) is 1.01. The largest absolute Gasteiger partial charge is 0.469 e. The molecule has 1 aromatic rings. The lowest BCUT2D eigenvalue weighted by molar-refractivity contribution is -0.149. The van der Waals surface area contributed by atoms with Gasteiger partial charge in [0, 0.05) is 6.54 Å². The number of likely N-dealkylation sites (tertiary alicyclic amines) is 1. The maximum atomic E-state index is 11.7. The number of esters is 1. The van der Waals surface area contributed by atoms with Crippen LogP contribution in [0.15, 0.2) is 30.3 Å². The molecule has 1 fully saturated rings. The molecule has 2 rings (SSSR count). The number of benzene rings is 1. The van der Waals surface area contributed by atoms with Crippen LogP contribution in [-0.4, -0.2) is 48.4 Å². The number of carbonyl (C=O) groups excluding carboxylic acids is 1. The van der Waals surface area contributed by atoms with Crippen molar-refractivity contribution in [3.63, 3.8) is 0 Å². The number of rotatable bonds is 4. The third-order valence-electron chi connectivity index (χ3n) is 3.55. The van der Waals surface area contributed by atoms with Gasteiger partial charge in [-0.05, 0) is 12.0 Å². The highest BCUT2D eigenvalue weighted by Crippen LogP contribution is 2.21. The smallest absolute Gasteiger partial charge is 0.407 e. The van der Waals surface area contributed by atoms with Crippen LogP contribution in [-0.2, 0) is 20.9 Å². The molecule has 6 nitrogen and oxygen atoms in total. The van der Waals surface area contributed by atoms with Gasteiger partial charge >= 0.3 is 12.1 Å². The molecule has 0 aromatic heterocycles. The molecule has 2 unspecified atom stereocenters. The molecule has 0 aliphatic carbocycles. The van der Waals surface area contributed by atoms with Gasteiger partial charge in [-0.1, -0.05) is 30.3 Å². The highest BCUT2D eigenvalue weighted by atomic mass is 16.5. The second-order valence-electron chi connectivity index (χ2n) is 5.06. The average Bonchev–Trinajstić information content (AvgIpc) is 2.52. The summed E-state index contributed by atoms with van der Waals surface area (Å²) in [4.78, 5) is 24.0. The molecule has 0 spiro atoms. The van der Waals surface area contributed by atoms with Gasteiger partial charge in [-0.3, -0.25) is 4.79 Å². The summed E-state index contributed by atoms with van der Waals surface area (Å²) in [6.07, 6.45) is -0.875. The lowest BCUT2D eigenvalue weighted by Crippen LogP contribution is -2.48. The van der Waals surface area contributed by atoms with Crippen molar-refractivity contribution in [3.05, 3.63) is 35.9 Å². The molecular weight excluding hydrogens is 274 g/mol. The van der Waals surface area contributed by atoms with Crippen molar-refractivity contribution in [2.75, 3.05) is 20.2 Å². The van der Waals surface area contributed by atoms with Crippen LogP contribution in [0.25, 0.3) is 0 Å². The molecule has 0 radical (unpaired) electrons. The molecule has 1 N–H and O–H groups in total. The van der Waals surface area contributed by atoms with E-state index in [0.29, 0.717) is 13.0 Å². The number of nitrogens with zero attached hydrogens (tertiary/aromatic N) is 1. The summed E-state index contributed by atoms with van der Waals surface area (Å²) >= 11 is 0. The van der Waals surface area contributed by atoms with Gasteiger partial charge in [-0.25, -0.2) is 4.79 Å². The van der Waals surface area contributed by atoms with Crippen LogP contribution < -0.4 is 0 Å². The van der Waals surface area contributed by atoms with Crippen molar-refractivity contribution in [3.8, 4) is 0 Å². The van der Waals surface area contributed by atoms with E-state index in [2.05, 4.69) is 0 Å². The zero-order chi connectivity index (χ0) is 15.2. The highest BCUT2D eigenvalue weighted by Gasteiger charge is 2.34. The first-order valence-corrected chi connectivity index (χ1v) is 6.81. The topological polar surface area (TPSA) is 76.1 Å². The highest BCUT2D eigenvalue weighted by molar-refractivity contribution is 5.74. The first kappa shape index (κ1) is 15.3. The Morgan fingerprint density at radius 2 is 2.00 bits per heavy atom. The number of carboxylic acid groups (broad SMARTS) is 1. The van der Waals surface area contributed by atoms with Crippen LogP contribution >= 0.6 is 0 Å². The van der Waals surface area contributed by atoms with Gasteiger partial charge in [-0.15, -0.1) is 0 Å². The van der Waals surface area contributed by atoms with Gasteiger partial charge in [0.1, 0.15) is 0 Å². The molecule has 2 atom stereocenters. The summed E-state index contributed by atoms with van der Waals surface area (Å²) in [5.74, 6) is -0.866. The van der Waals surface area contributed by atoms with Crippen LogP contribution in [0, 0.1) is 5.92 Å². The molecular formula is C15H19NO5. The average molecular weight is 293 g/mol. The van der Waals surface area contributed by atoms with E-state index in [1.807, 2.05) is 30.3 Å². The normalized spacial score (nSPS) is 21.9. The lowest BCUT2D eigenvalue weighted by Gasteiger charge is -2.34.